The van der Waals surface area contributed by atoms with E-state index in [9.17, 15) is 5.11 Å². The van der Waals surface area contributed by atoms with E-state index in [1.54, 1.807) is 0 Å². The van der Waals surface area contributed by atoms with Gasteiger partial charge in [-0.2, -0.15) is 0 Å². The van der Waals surface area contributed by atoms with Crippen molar-refractivity contribution in [1.82, 2.24) is 0 Å². The first-order valence-corrected chi connectivity index (χ1v) is 8.74. The van der Waals surface area contributed by atoms with Crippen molar-refractivity contribution in [3.8, 4) is 0 Å². The van der Waals surface area contributed by atoms with Crippen LogP contribution in [-0.4, -0.2) is 22.4 Å². The standard InChI is InChI=1S/C9H18O.C9H20O/c1-8(7-10)9-5-3-2-4-6-9;1-4-5-6-7-8-9(2,3)10/h8-10H,2-7H2,1H3;10H,4-8H2,1-3H3. The normalized spacial score (nSPS) is 18.3. The van der Waals surface area contributed by atoms with Crippen molar-refractivity contribution in [3.05, 3.63) is 0 Å². The van der Waals surface area contributed by atoms with E-state index in [-0.39, 0.29) is 0 Å². The molecule has 0 amide bonds. The van der Waals surface area contributed by atoms with Crippen LogP contribution in [-0.2, 0) is 0 Å². The Morgan fingerprint density at radius 2 is 1.65 bits per heavy atom. The highest BCUT2D eigenvalue weighted by molar-refractivity contribution is 4.70. The molecule has 0 bridgehead atoms. The maximum atomic E-state index is 9.32. The zero-order valence-electron chi connectivity index (χ0n) is 14.3. The molecule has 1 aliphatic carbocycles. The Labute approximate surface area is 127 Å². The minimum atomic E-state index is -0.451. The third-order valence-electron chi connectivity index (χ3n) is 4.38. The molecular weight excluding hydrogens is 248 g/mol. The lowest BCUT2D eigenvalue weighted by Gasteiger charge is -2.25. The minimum absolute atomic E-state index is 0.380. The van der Waals surface area contributed by atoms with E-state index in [2.05, 4.69) is 13.8 Å². The number of hydrogen-bond acceptors (Lipinski definition) is 2. The van der Waals surface area contributed by atoms with Gasteiger partial charge in [0, 0.05) is 6.61 Å². The van der Waals surface area contributed by atoms with Crippen LogP contribution < -0.4 is 0 Å². The molecule has 0 radical (unpaired) electrons. The third kappa shape index (κ3) is 11.7. The van der Waals surface area contributed by atoms with Crippen molar-refractivity contribution in [2.75, 3.05) is 6.61 Å². The molecule has 122 valence electrons. The van der Waals surface area contributed by atoms with Crippen LogP contribution in [0.3, 0.4) is 0 Å². The number of rotatable bonds is 7. The van der Waals surface area contributed by atoms with Crippen LogP contribution in [0.1, 0.15) is 91.9 Å². The monoisotopic (exact) mass is 286 g/mol. The van der Waals surface area contributed by atoms with E-state index in [0.29, 0.717) is 12.5 Å². The first kappa shape index (κ1) is 19.9. The van der Waals surface area contributed by atoms with Crippen LogP contribution >= 0.6 is 0 Å². The third-order valence-corrected chi connectivity index (χ3v) is 4.38. The first-order valence-electron chi connectivity index (χ1n) is 8.74. The van der Waals surface area contributed by atoms with Gasteiger partial charge in [0.15, 0.2) is 0 Å². The quantitative estimate of drug-likeness (QED) is 0.652. The van der Waals surface area contributed by atoms with Crippen LogP contribution in [0.4, 0.5) is 0 Å². The molecule has 1 rings (SSSR count). The summed E-state index contributed by atoms with van der Waals surface area (Å²) in [7, 11) is 0. The van der Waals surface area contributed by atoms with Gasteiger partial charge in [0.1, 0.15) is 0 Å². The zero-order valence-corrected chi connectivity index (χ0v) is 14.3. The van der Waals surface area contributed by atoms with Crippen molar-refractivity contribution in [2.24, 2.45) is 11.8 Å². The van der Waals surface area contributed by atoms with Gasteiger partial charge < -0.3 is 10.2 Å². The highest BCUT2D eigenvalue weighted by Crippen LogP contribution is 2.29. The number of unbranched alkanes of at least 4 members (excludes halogenated alkanes) is 3. The molecule has 0 aromatic heterocycles. The topological polar surface area (TPSA) is 40.5 Å². The van der Waals surface area contributed by atoms with Gasteiger partial charge in [0.25, 0.3) is 0 Å². The number of aliphatic hydroxyl groups is 2. The number of hydrogen-bond donors (Lipinski definition) is 2. The molecule has 1 saturated carbocycles. The SMILES string of the molecule is CC(CO)C1CCCCC1.CCCCCCC(C)(C)O. The predicted molar refractivity (Wildman–Crippen MR) is 87.9 cm³/mol. The van der Waals surface area contributed by atoms with E-state index in [1.165, 1.54) is 51.4 Å². The molecule has 1 fully saturated rings. The Morgan fingerprint density at radius 1 is 1.05 bits per heavy atom. The van der Waals surface area contributed by atoms with Gasteiger partial charge in [-0.25, -0.2) is 0 Å². The van der Waals surface area contributed by atoms with E-state index in [0.717, 1.165) is 18.8 Å². The van der Waals surface area contributed by atoms with Crippen molar-refractivity contribution >= 4 is 0 Å². The van der Waals surface area contributed by atoms with Gasteiger partial charge in [-0.3, -0.25) is 0 Å². The lowest BCUT2D eigenvalue weighted by Crippen LogP contribution is -2.17. The molecule has 0 saturated heterocycles. The molecule has 1 aliphatic rings. The van der Waals surface area contributed by atoms with Crippen LogP contribution in [0.15, 0.2) is 0 Å². The van der Waals surface area contributed by atoms with E-state index in [4.69, 9.17) is 5.11 Å². The molecular formula is C18H38O2. The average molecular weight is 286 g/mol. The summed E-state index contributed by atoms with van der Waals surface area (Å²) in [5, 5.41) is 18.2. The lowest BCUT2D eigenvalue weighted by atomic mass is 9.81. The Hall–Kier alpha value is -0.0800. The summed E-state index contributed by atoms with van der Waals surface area (Å²) < 4.78 is 0. The second-order valence-electron chi connectivity index (χ2n) is 7.18. The highest BCUT2D eigenvalue weighted by atomic mass is 16.3. The molecule has 2 heteroatoms. The van der Waals surface area contributed by atoms with Crippen molar-refractivity contribution in [3.63, 3.8) is 0 Å². The summed E-state index contributed by atoms with van der Waals surface area (Å²) in [5.41, 5.74) is -0.451. The number of aliphatic hydroxyl groups excluding tert-OH is 1. The first-order chi connectivity index (χ1) is 9.40. The second kappa shape index (κ2) is 11.6. The van der Waals surface area contributed by atoms with Crippen LogP contribution in [0.5, 0.6) is 0 Å². The van der Waals surface area contributed by atoms with Crippen LogP contribution in [0.2, 0.25) is 0 Å². The van der Waals surface area contributed by atoms with E-state index < -0.39 is 5.60 Å². The zero-order chi connectivity index (χ0) is 15.4. The fraction of sp³-hybridized carbons (Fsp3) is 1.00. The fourth-order valence-electron chi connectivity index (χ4n) is 2.84. The summed E-state index contributed by atoms with van der Waals surface area (Å²) in [6.45, 7) is 8.49. The summed E-state index contributed by atoms with van der Waals surface area (Å²) in [4.78, 5) is 0. The average Bonchev–Trinajstić information content (AvgIpc) is 2.43. The van der Waals surface area contributed by atoms with Gasteiger partial charge in [-0.1, -0.05) is 71.6 Å². The smallest absolute Gasteiger partial charge is 0.0591 e. The lowest BCUT2D eigenvalue weighted by molar-refractivity contribution is 0.0680. The molecule has 2 nitrogen and oxygen atoms in total. The van der Waals surface area contributed by atoms with Gasteiger partial charge in [0.2, 0.25) is 0 Å². The Bertz CT molecular complexity index is 202. The molecule has 0 spiro atoms. The maximum Gasteiger partial charge on any atom is 0.0591 e. The summed E-state index contributed by atoms with van der Waals surface area (Å²) >= 11 is 0. The molecule has 0 aliphatic heterocycles. The molecule has 2 N–H and O–H groups in total. The van der Waals surface area contributed by atoms with Crippen LogP contribution in [0, 0.1) is 11.8 Å². The predicted octanol–water partition coefficient (Wildman–Crippen LogP) is 4.92. The minimum Gasteiger partial charge on any atom is -0.396 e. The van der Waals surface area contributed by atoms with Crippen molar-refractivity contribution in [2.45, 2.75) is 97.5 Å². The van der Waals surface area contributed by atoms with E-state index >= 15 is 0 Å². The Morgan fingerprint density at radius 3 is 2.10 bits per heavy atom. The molecule has 0 aromatic rings. The second-order valence-corrected chi connectivity index (χ2v) is 7.18. The van der Waals surface area contributed by atoms with Crippen molar-refractivity contribution < 1.29 is 10.2 Å². The molecule has 0 aromatic carbocycles. The molecule has 0 heterocycles. The summed E-state index contributed by atoms with van der Waals surface area (Å²) in [5.74, 6) is 1.36. The highest BCUT2D eigenvalue weighted by Gasteiger charge is 2.18. The molecule has 20 heavy (non-hydrogen) atoms. The van der Waals surface area contributed by atoms with Crippen LogP contribution in [0.25, 0.3) is 0 Å². The molecule has 1 atom stereocenters. The van der Waals surface area contributed by atoms with Gasteiger partial charge >= 0.3 is 0 Å². The van der Waals surface area contributed by atoms with Gasteiger partial charge in [-0.15, -0.1) is 0 Å². The largest absolute Gasteiger partial charge is 0.396 e. The fourth-order valence-corrected chi connectivity index (χ4v) is 2.84. The Balaban J connectivity index is 0.000000361. The molecule has 1 unspecified atom stereocenters. The van der Waals surface area contributed by atoms with Gasteiger partial charge in [0.05, 0.1) is 5.60 Å². The van der Waals surface area contributed by atoms with Gasteiger partial charge in [-0.05, 0) is 32.1 Å². The summed E-state index contributed by atoms with van der Waals surface area (Å²) in [6.07, 6.45) is 12.8. The van der Waals surface area contributed by atoms with Crippen molar-refractivity contribution in [1.29, 1.82) is 0 Å². The summed E-state index contributed by atoms with van der Waals surface area (Å²) in [6, 6.07) is 0. The maximum absolute atomic E-state index is 9.32. The van der Waals surface area contributed by atoms with E-state index in [1.807, 2.05) is 13.8 Å². The Kier molecular flexibility index (Phi) is 11.5.